The number of fused-ring (bicyclic) bond motifs is 1. The molecule has 1 aromatic rings. The van der Waals surface area contributed by atoms with Gasteiger partial charge < -0.3 is 4.90 Å². The Hall–Kier alpha value is -1.29. The molecular weight excluding hydrogens is 208 g/mol. The van der Waals surface area contributed by atoms with Crippen molar-refractivity contribution in [1.29, 1.82) is 0 Å². The molecule has 3 nitrogen and oxygen atoms in total. The summed E-state index contributed by atoms with van der Waals surface area (Å²) in [6, 6.07) is 7.85. The van der Waals surface area contributed by atoms with E-state index in [2.05, 4.69) is 4.99 Å². The number of carbonyl (C=O) groups is 1. The minimum absolute atomic E-state index is 0.0338. The first-order valence-corrected chi connectivity index (χ1v) is 5.91. The molecule has 0 fully saturated rings. The summed E-state index contributed by atoms with van der Waals surface area (Å²) in [4.78, 5) is 17.6. The highest BCUT2D eigenvalue weighted by Gasteiger charge is 2.20. The zero-order valence-corrected chi connectivity index (χ0v) is 9.54. The van der Waals surface area contributed by atoms with Crippen LogP contribution in [0.4, 0.5) is 5.69 Å². The van der Waals surface area contributed by atoms with E-state index in [1.165, 1.54) is 0 Å². The Bertz CT molecular complexity index is 428. The molecule has 0 saturated carbocycles. The van der Waals surface area contributed by atoms with Gasteiger partial charge in [-0.05, 0) is 12.3 Å². The molecule has 0 aliphatic carbocycles. The number of aliphatic imine (C=N–C) groups is 1. The van der Waals surface area contributed by atoms with Crippen LogP contribution in [-0.2, 0) is 4.79 Å². The van der Waals surface area contributed by atoms with E-state index < -0.39 is 0 Å². The maximum absolute atomic E-state index is 11.6. The zero-order valence-electron chi connectivity index (χ0n) is 8.73. The van der Waals surface area contributed by atoms with Crippen molar-refractivity contribution in [3.8, 4) is 0 Å². The fourth-order valence-corrected chi connectivity index (χ4v) is 2.17. The van der Waals surface area contributed by atoms with E-state index in [0.717, 1.165) is 16.3 Å². The molecule has 1 aliphatic rings. The van der Waals surface area contributed by atoms with Gasteiger partial charge >= 0.3 is 0 Å². The Kier molecular flexibility index (Phi) is 2.77. The van der Waals surface area contributed by atoms with E-state index >= 15 is 0 Å². The van der Waals surface area contributed by atoms with E-state index in [0.29, 0.717) is 0 Å². The van der Waals surface area contributed by atoms with Gasteiger partial charge in [-0.25, -0.2) is 0 Å². The molecule has 1 amide bonds. The third kappa shape index (κ3) is 1.77. The van der Waals surface area contributed by atoms with Crippen LogP contribution in [0.5, 0.6) is 0 Å². The second kappa shape index (κ2) is 4.06. The van der Waals surface area contributed by atoms with Crippen molar-refractivity contribution in [2.75, 3.05) is 24.7 Å². The minimum atomic E-state index is 0.0338. The van der Waals surface area contributed by atoms with Crippen LogP contribution in [0, 0.1) is 0 Å². The van der Waals surface area contributed by atoms with Crippen molar-refractivity contribution >= 4 is 28.4 Å². The highest BCUT2D eigenvalue weighted by atomic mass is 32.2. The van der Waals surface area contributed by atoms with Crippen LogP contribution in [0.3, 0.4) is 0 Å². The van der Waals surface area contributed by atoms with Gasteiger partial charge in [0, 0.05) is 12.6 Å². The third-order valence-corrected chi connectivity index (χ3v) is 3.16. The molecule has 2 rings (SSSR count). The molecule has 78 valence electrons. The Labute approximate surface area is 93.2 Å². The molecule has 1 heterocycles. The Morgan fingerprint density at radius 3 is 2.87 bits per heavy atom. The van der Waals surface area contributed by atoms with E-state index in [1.54, 1.807) is 23.7 Å². The van der Waals surface area contributed by atoms with Crippen LogP contribution in [-0.4, -0.2) is 30.8 Å². The normalized spacial score (nSPS) is 15.7. The fourth-order valence-electron chi connectivity index (χ4n) is 1.59. The molecule has 0 N–H and O–H groups in total. The van der Waals surface area contributed by atoms with E-state index in [4.69, 9.17) is 0 Å². The highest BCUT2D eigenvalue weighted by molar-refractivity contribution is 8.13. The van der Waals surface area contributed by atoms with Gasteiger partial charge in [0.15, 0.2) is 0 Å². The van der Waals surface area contributed by atoms with Crippen LogP contribution in [0.15, 0.2) is 29.3 Å². The number of nitrogens with zero attached hydrogens (tertiary/aromatic N) is 2. The smallest absolute Gasteiger partial charge is 0.248 e. The van der Waals surface area contributed by atoms with E-state index in [1.807, 2.05) is 30.5 Å². The summed E-state index contributed by atoms with van der Waals surface area (Å²) in [6.45, 7) is 0.237. The highest BCUT2D eigenvalue weighted by Crippen LogP contribution is 2.25. The molecule has 0 unspecified atom stereocenters. The van der Waals surface area contributed by atoms with Gasteiger partial charge in [-0.1, -0.05) is 18.2 Å². The summed E-state index contributed by atoms with van der Waals surface area (Å²) >= 11 is 1.58. The number of benzene rings is 1. The molecule has 0 saturated heterocycles. The number of thioether (sulfide) groups is 1. The zero-order chi connectivity index (χ0) is 10.8. The number of para-hydroxylation sites is 1. The van der Waals surface area contributed by atoms with Gasteiger partial charge in [0.2, 0.25) is 5.91 Å². The monoisotopic (exact) mass is 220 g/mol. The third-order valence-electron chi connectivity index (χ3n) is 2.42. The summed E-state index contributed by atoms with van der Waals surface area (Å²) in [5.41, 5.74) is 1.98. The Morgan fingerprint density at radius 2 is 2.13 bits per heavy atom. The maximum atomic E-state index is 11.6. The number of anilines is 1. The standard InChI is InChI=1S/C11H12N2OS/c1-13-9-6-4-3-5-8(9)11(15-2)12-7-10(13)14/h3-6H,7H2,1-2H3. The molecule has 0 bridgehead atoms. The second-order valence-electron chi connectivity index (χ2n) is 3.30. The molecule has 1 aromatic carbocycles. The molecule has 15 heavy (non-hydrogen) atoms. The first-order valence-electron chi connectivity index (χ1n) is 4.68. The summed E-state index contributed by atoms with van der Waals surface area (Å²) in [5, 5.41) is 0.934. The number of amides is 1. The predicted octanol–water partition coefficient (Wildman–Crippen LogP) is 1.77. The number of hydrogen-bond acceptors (Lipinski definition) is 3. The first-order chi connectivity index (χ1) is 7.24. The van der Waals surface area contributed by atoms with Crippen molar-refractivity contribution < 1.29 is 4.79 Å². The minimum Gasteiger partial charge on any atom is -0.313 e. The summed E-state index contributed by atoms with van der Waals surface area (Å²) < 4.78 is 0. The lowest BCUT2D eigenvalue weighted by molar-refractivity contribution is -0.116. The lowest BCUT2D eigenvalue weighted by Crippen LogP contribution is -2.27. The number of benzodiazepines with no additional fused rings is 1. The van der Waals surface area contributed by atoms with Crippen LogP contribution in [0.2, 0.25) is 0 Å². The largest absolute Gasteiger partial charge is 0.313 e. The van der Waals surface area contributed by atoms with Crippen molar-refractivity contribution in [2.45, 2.75) is 0 Å². The van der Waals surface area contributed by atoms with Crippen molar-refractivity contribution in [2.24, 2.45) is 4.99 Å². The van der Waals surface area contributed by atoms with Gasteiger partial charge in [0.05, 0.1) is 5.69 Å². The molecule has 0 aromatic heterocycles. The van der Waals surface area contributed by atoms with E-state index in [-0.39, 0.29) is 12.5 Å². The fraction of sp³-hybridized carbons (Fsp3) is 0.273. The maximum Gasteiger partial charge on any atom is 0.248 e. The second-order valence-corrected chi connectivity index (χ2v) is 4.09. The van der Waals surface area contributed by atoms with E-state index in [9.17, 15) is 4.79 Å². The lowest BCUT2D eigenvalue weighted by Gasteiger charge is -2.16. The Balaban J connectivity index is 2.58. The van der Waals surface area contributed by atoms with Crippen molar-refractivity contribution in [3.63, 3.8) is 0 Å². The average Bonchev–Trinajstić information content (AvgIpc) is 2.39. The molecule has 0 atom stereocenters. The van der Waals surface area contributed by atoms with Crippen LogP contribution >= 0.6 is 11.8 Å². The predicted molar refractivity (Wildman–Crippen MR) is 64.8 cm³/mol. The molecular formula is C11H12N2OS. The first kappa shape index (κ1) is 10.2. The van der Waals surface area contributed by atoms with Gasteiger partial charge in [-0.15, -0.1) is 11.8 Å². The summed E-state index contributed by atoms with van der Waals surface area (Å²) in [7, 11) is 1.79. The molecule has 0 radical (unpaired) electrons. The lowest BCUT2D eigenvalue weighted by atomic mass is 10.2. The molecule has 0 spiro atoms. The average molecular weight is 220 g/mol. The number of carbonyl (C=O) groups excluding carboxylic acids is 1. The molecule has 4 heteroatoms. The topological polar surface area (TPSA) is 32.7 Å². The van der Waals surface area contributed by atoms with Crippen LogP contribution in [0.25, 0.3) is 0 Å². The number of rotatable bonds is 0. The van der Waals surface area contributed by atoms with Crippen LogP contribution in [0.1, 0.15) is 5.56 Å². The van der Waals surface area contributed by atoms with Gasteiger partial charge in [-0.2, -0.15) is 0 Å². The Morgan fingerprint density at radius 1 is 1.40 bits per heavy atom. The van der Waals surface area contributed by atoms with Crippen molar-refractivity contribution in [1.82, 2.24) is 0 Å². The molecule has 1 aliphatic heterocycles. The van der Waals surface area contributed by atoms with Gasteiger partial charge in [0.25, 0.3) is 0 Å². The summed E-state index contributed by atoms with van der Waals surface area (Å²) in [6.07, 6.45) is 1.98. The van der Waals surface area contributed by atoms with Crippen molar-refractivity contribution in [3.05, 3.63) is 29.8 Å². The van der Waals surface area contributed by atoms with Gasteiger partial charge in [-0.3, -0.25) is 9.79 Å². The number of hydrogen-bond donors (Lipinski definition) is 0. The number of likely N-dealkylation sites (N-methyl/N-ethyl adjacent to an activating group) is 1. The van der Waals surface area contributed by atoms with Crippen LogP contribution < -0.4 is 4.90 Å². The van der Waals surface area contributed by atoms with Gasteiger partial charge in [0.1, 0.15) is 11.6 Å². The quantitative estimate of drug-likeness (QED) is 0.667. The summed E-state index contributed by atoms with van der Waals surface area (Å²) in [5.74, 6) is 0.0338. The SMILES string of the molecule is CSC1=NCC(=O)N(C)c2ccccc21.